The molecule has 0 bridgehead atoms. The molecule has 0 aliphatic carbocycles. The van der Waals surface area contributed by atoms with E-state index in [-0.39, 0.29) is 17.2 Å². The first kappa shape index (κ1) is 20.1. The van der Waals surface area contributed by atoms with Crippen molar-refractivity contribution in [2.45, 2.75) is 17.6 Å². The van der Waals surface area contributed by atoms with Gasteiger partial charge in [0.2, 0.25) is 0 Å². The van der Waals surface area contributed by atoms with E-state index in [1.807, 2.05) is 6.92 Å². The minimum Gasteiger partial charge on any atom is -0.362 e. The van der Waals surface area contributed by atoms with Crippen LogP contribution in [0, 0.1) is 19.3 Å². The zero-order valence-electron chi connectivity index (χ0n) is 14.6. The van der Waals surface area contributed by atoms with Gasteiger partial charge < -0.3 is 10.3 Å². The molecule has 1 aromatic heterocycles. The highest BCUT2D eigenvalue weighted by molar-refractivity contribution is 7.98. The first-order chi connectivity index (χ1) is 12.5. The first-order valence-corrected chi connectivity index (χ1v) is 10.9. The summed E-state index contributed by atoms with van der Waals surface area (Å²) in [5, 5.41) is 2.92. The Bertz CT molecular complexity index is 868. The van der Waals surface area contributed by atoms with E-state index in [9.17, 15) is 8.42 Å². The van der Waals surface area contributed by atoms with Gasteiger partial charge in [-0.25, -0.2) is 13.4 Å². The van der Waals surface area contributed by atoms with E-state index < -0.39 is 9.84 Å². The summed E-state index contributed by atoms with van der Waals surface area (Å²) in [7, 11) is -3.46. The first-order valence-electron chi connectivity index (χ1n) is 8.08. The highest BCUT2D eigenvalue weighted by atomic mass is 32.2. The number of rotatable bonds is 9. The summed E-state index contributed by atoms with van der Waals surface area (Å²) >= 11 is 1.70. The van der Waals surface area contributed by atoms with Crippen molar-refractivity contribution in [2.24, 2.45) is 4.99 Å². The lowest BCUT2D eigenvalue weighted by Crippen LogP contribution is -2.31. The summed E-state index contributed by atoms with van der Waals surface area (Å²) in [6.07, 6.45) is 6.95. The van der Waals surface area contributed by atoms with Crippen molar-refractivity contribution in [1.82, 2.24) is 15.3 Å². The number of nitrogens with zero attached hydrogens (tertiary/aromatic N) is 2. The molecule has 2 rings (SSSR count). The zero-order chi connectivity index (χ0) is 18.8. The third-order valence-electron chi connectivity index (χ3n) is 3.53. The summed E-state index contributed by atoms with van der Waals surface area (Å²) in [6.45, 7) is 2.73. The van der Waals surface area contributed by atoms with Crippen LogP contribution in [-0.2, 0) is 15.6 Å². The normalized spacial score (nSPS) is 11.9. The molecular formula is C18H22N4O2S2. The van der Waals surface area contributed by atoms with Gasteiger partial charge in [0.15, 0.2) is 9.84 Å². The molecule has 0 saturated carbocycles. The molecule has 26 heavy (non-hydrogen) atoms. The smallest absolute Gasteiger partial charge is 0.185 e. The largest absolute Gasteiger partial charge is 0.362 e. The molecular weight excluding hydrogens is 368 g/mol. The Hall–Kier alpha value is -2.24. The molecule has 6 nitrogen and oxygen atoms in total. The predicted octanol–water partition coefficient (Wildman–Crippen LogP) is 2.05. The molecule has 0 aliphatic heterocycles. The topological polar surface area (TPSA) is 87.2 Å². The van der Waals surface area contributed by atoms with Crippen LogP contribution in [0.4, 0.5) is 0 Å². The molecule has 0 amide bonds. The fraction of sp³-hybridized carbons (Fsp3) is 0.333. The fourth-order valence-electron chi connectivity index (χ4n) is 2.14. The molecule has 0 saturated heterocycles. The average molecular weight is 391 g/mol. The maximum absolute atomic E-state index is 12.5. The number of imidazole rings is 1. The minimum atomic E-state index is -3.46. The molecule has 2 aromatic rings. The molecule has 0 atom stereocenters. The molecule has 0 unspecified atom stereocenters. The van der Waals surface area contributed by atoms with Crippen molar-refractivity contribution in [2.75, 3.05) is 24.6 Å². The zero-order valence-corrected chi connectivity index (χ0v) is 16.2. The molecule has 0 aliphatic rings. The number of amidine groups is 1. The van der Waals surface area contributed by atoms with Crippen molar-refractivity contribution in [1.29, 1.82) is 0 Å². The Morgan fingerprint density at radius 3 is 2.81 bits per heavy atom. The maximum Gasteiger partial charge on any atom is 0.185 e. The van der Waals surface area contributed by atoms with Crippen molar-refractivity contribution >= 4 is 27.4 Å². The highest BCUT2D eigenvalue weighted by Gasteiger charge is 2.17. The van der Waals surface area contributed by atoms with Crippen LogP contribution in [0.15, 0.2) is 46.5 Å². The summed E-state index contributed by atoms with van der Waals surface area (Å²) in [6, 6.07) is 8.34. The highest BCUT2D eigenvalue weighted by Crippen LogP contribution is 2.13. The van der Waals surface area contributed by atoms with E-state index in [0.29, 0.717) is 12.4 Å². The lowest BCUT2D eigenvalue weighted by atomic mass is 10.4. The van der Waals surface area contributed by atoms with Crippen molar-refractivity contribution in [3.05, 3.63) is 48.0 Å². The van der Waals surface area contributed by atoms with Crippen LogP contribution >= 0.6 is 11.8 Å². The Kier molecular flexibility index (Phi) is 7.75. The molecule has 1 aromatic carbocycles. The van der Waals surface area contributed by atoms with Crippen molar-refractivity contribution in [3.63, 3.8) is 0 Å². The number of aromatic amines is 1. The predicted molar refractivity (Wildman–Crippen MR) is 107 cm³/mol. The fourth-order valence-corrected chi connectivity index (χ4v) is 4.28. The van der Waals surface area contributed by atoms with Crippen LogP contribution in [-0.4, -0.2) is 48.8 Å². The van der Waals surface area contributed by atoms with Gasteiger partial charge in [-0.1, -0.05) is 24.1 Å². The summed E-state index contributed by atoms with van der Waals surface area (Å²) in [5.41, 5.74) is 2.09. The van der Waals surface area contributed by atoms with Crippen LogP contribution in [0.5, 0.6) is 0 Å². The maximum atomic E-state index is 12.5. The van der Waals surface area contributed by atoms with Gasteiger partial charge in [0.25, 0.3) is 0 Å². The Balaban J connectivity index is 1.92. The molecule has 2 N–H and O–H groups in total. The van der Waals surface area contributed by atoms with Gasteiger partial charge in [0, 0.05) is 17.2 Å². The second-order valence-electron chi connectivity index (χ2n) is 5.49. The number of thioether (sulfide) groups is 1. The average Bonchev–Trinajstić information content (AvgIpc) is 3.04. The van der Waals surface area contributed by atoms with Gasteiger partial charge in [-0.15, -0.1) is 6.42 Å². The van der Waals surface area contributed by atoms with E-state index in [1.165, 1.54) is 0 Å². The molecule has 0 spiro atoms. The molecule has 8 heteroatoms. The van der Waals surface area contributed by atoms with Gasteiger partial charge in [-0.3, -0.25) is 4.99 Å². The van der Waals surface area contributed by atoms with Crippen molar-refractivity contribution in [3.8, 4) is 12.3 Å². The number of aryl methyl sites for hydroxylation is 1. The van der Waals surface area contributed by atoms with Crippen LogP contribution in [0.1, 0.15) is 11.4 Å². The number of hydrogen-bond acceptors (Lipinski definition) is 5. The molecule has 0 fully saturated rings. The number of hydrogen-bond donors (Lipinski definition) is 2. The van der Waals surface area contributed by atoms with E-state index >= 15 is 0 Å². The molecule has 0 radical (unpaired) electrons. The lowest BCUT2D eigenvalue weighted by Gasteiger charge is -2.09. The lowest BCUT2D eigenvalue weighted by molar-refractivity contribution is 0.599. The van der Waals surface area contributed by atoms with Gasteiger partial charge in [-0.05, 0) is 19.1 Å². The minimum absolute atomic E-state index is 0.193. The quantitative estimate of drug-likeness (QED) is 0.296. The number of sulfone groups is 1. The Morgan fingerprint density at radius 1 is 1.38 bits per heavy atom. The molecule has 1 heterocycles. The van der Waals surface area contributed by atoms with E-state index in [2.05, 4.69) is 26.2 Å². The van der Waals surface area contributed by atoms with Crippen LogP contribution in [0.3, 0.4) is 0 Å². The van der Waals surface area contributed by atoms with Gasteiger partial charge >= 0.3 is 0 Å². The Morgan fingerprint density at radius 2 is 2.15 bits per heavy atom. The number of nitrogens with one attached hydrogen (secondary N) is 2. The van der Waals surface area contributed by atoms with Gasteiger partial charge in [0.05, 0.1) is 30.0 Å². The third kappa shape index (κ3) is 6.24. The third-order valence-corrected chi connectivity index (χ3v) is 6.13. The second kappa shape index (κ2) is 10.0. The Labute approximate surface area is 158 Å². The monoisotopic (exact) mass is 390 g/mol. The second-order valence-corrected chi connectivity index (χ2v) is 8.58. The molecule has 138 valence electrons. The van der Waals surface area contributed by atoms with Gasteiger partial charge in [-0.2, -0.15) is 11.8 Å². The van der Waals surface area contributed by atoms with Crippen LogP contribution in [0.25, 0.3) is 0 Å². The van der Waals surface area contributed by atoms with Crippen molar-refractivity contribution < 1.29 is 8.42 Å². The number of benzene rings is 1. The number of H-pyrrole nitrogens is 1. The van der Waals surface area contributed by atoms with Gasteiger partial charge in [0.1, 0.15) is 11.6 Å². The number of aromatic nitrogens is 2. The van der Waals surface area contributed by atoms with Crippen LogP contribution in [0.2, 0.25) is 0 Å². The summed E-state index contributed by atoms with van der Waals surface area (Å²) in [5.74, 6) is 4.20. The summed E-state index contributed by atoms with van der Waals surface area (Å²) in [4.78, 5) is 12.0. The number of terminal acetylenes is 1. The van der Waals surface area contributed by atoms with E-state index in [1.54, 1.807) is 48.4 Å². The standard InChI is InChI=1S/C18H22N4O2S2/c1-3-9-19-18(13-26(23,24)16-7-5-4-6-8-16)20-10-11-25-12-17-15(2)21-14-22-17/h1,4-8,14H,9-13H2,2H3,(H,19,20)(H,21,22). The number of aliphatic imine (C=N–C) groups is 1. The van der Waals surface area contributed by atoms with Crippen LogP contribution < -0.4 is 5.32 Å². The van der Waals surface area contributed by atoms with E-state index in [4.69, 9.17) is 6.42 Å². The van der Waals surface area contributed by atoms with E-state index in [0.717, 1.165) is 22.9 Å². The summed E-state index contributed by atoms with van der Waals surface area (Å²) < 4.78 is 25.0. The SMILES string of the molecule is C#CCNC(CS(=O)(=O)c1ccccc1)=NCCSCc1nc[nH]c1C.